The van der Waals surface area contributed by atoms with E-state index in [4.69, 9.17) is 0 Å². The summed E-state index contributed by atoms with van der Waals surface area (Å²) in [6.45, 7) is 0. The van der Waals surface area contributed by atoms with E-state index in [1.807, 2.05) is 0 Å². The topological polar surface area (TPSA) is 88.5 Å². The Labute approximate surface area is 180 Å². The number of nitrogens with one attached hydrogen (secondary N) is 1. The molecule has 2 aromatic heterocycles. The number of thiophene rings is 1. The Kier molecular flexibility index (Phi) is 5.22. The fourth-order valence-corrected chi connectivity index (χ4v) is 6.20. The van der Waals surface area contributed by atoms with E-state index in [9.17, 15) is 18.0 Å². The molecule has 0 aliphatic rings. The third-order valence-corrected chi connectivity index (χ3v) is 8.81. The van der Waals surface area contributed by atoms with Gasteiger partial charge in [0.2, 0.25) is 0 Å². The van der Waals surface area contributed by atoms with E-state index in [-0.39, 0.29) is 15.0 Å². The Morgan fingerprint density at radius 1 is 1.10 bits per heavy atom. The van der Waals surface area contributed by atoms with Gasteiger partial charge in [0, 0.05) is 25.3 Å². The maximum atomic E-state index is 12.6. The van der Waals surface area contributed by atoms with Gasteiger partial charge in [-0.1, -0.05) is 17.4 Å². The SMILES string of the molecule is CN(c1ccc(C(=O)Nc2ccc3c(c2)sc(=O)n3C)cc1)S(=O)(=O)c1cccs1. The van der Waals surface area contributed by atoms with Crippen LogP contribution >= 0.6 is 22.7 Å². The molecular weight excluding hydrogens is 442 g/mol. The van der Waals surface area contributed by atoms with Gasteiger partial charge in [0.25, 0.3) is 15.9 Å². The van der Waals surface area contributed by atoms with Crippen LogP contribution in [0.15, 0.2) is 69.0 Å². The highest BCUT2D eigenvalue weighted by Crippen LogP contribution is 2.26. The monoisotopic (exact) mass is 459 g/mol. The molecule has 0 unspecified atom stereocenters. The fourth-order valence-electron chi connectivity index (χ4n) is 2.92. The van der Waals surface area contributed by atoms with Crippen molar-refractivity contribution in [1.82, 2.24) is 4.57 Å². The Hall–Kier alpha value is -2.95. The molecule has 10 heteroatoms. The Balaban J connectivity index is 1.52. The molecule has 154 valence electrons. The van der Waals surface area contributed by atoms with Gasteiger partial charge >= 0.3 is 4.87 Å². The zero-order chi connectivity index (χ0) is 21.5. The molecule has 0 fully saturated rings. The standard InChI is InChI=1S/C20H17N3O4S3/c1-22-16-10-7-14(12-17(16)29-20(22)25)21-19(24)13-5-8-15(9-6-13)23(2)30(26,27)18-4-3-11-28-18/h3-12H,1-2H3,(H,21,24). The van der Waals surface area contributed by atoms with Crippen LogP contribution in [0.5, 0.6) is 0 Å². The molecule has 2 heterocycles. The highest BCUT2D eigenvalue weighted by molar-refractivity contribution is 7.94. The quantitative estimate of drug-likeness (QED) is 0.492. The molecule has 0 atom stereocenters. The lowest BCUT2D eigenvalue weighted by atomic mass is 10.2. The van der Waals surface area contributed by atoms with Crippen LogP contribution in [0.3, 0.4) is 0 Å². The van der Waals surface area contributed by atoms with Crippen molar-refractivity contribution in [3.8, 4) is 0 Å². The molecule has 4 rings (SSSR count). The largest absolute Gasteiger partial charge is 0.322 e. The van der Waals surface area contributed by atoms with Crippen LogP contribution in [0.4, 0.5) is 11.4 Å². The molecule has 0 radical (unpaired) electrons. The first kappa shape index (κ1) is 20.3. The Morgan fingerprint density at radius 3 is 2.50 bits per heavy atom. The van der Waals surface area contributed by atoms with Crippen LogP contribution in [0.2, 0.25) is 0 Å². The van der Waals surface area contributed by atoms with Crippen molar-refractivity contribution >= 4 is 60.2 Å². The van der Waals surface area contributed by atoms with Gasteiger partial charge in [0.15, 0.2) is 0 Å². The van der Waals surface area contributed by atoms with E-state index in [1.54, 1.807) is 71.6 Å². The summed E-state index contributed by atoms with van der Waals surface area (Å²) < 4.78 is 29.0. The number of benzene rings is 2. The molecule has 4 aromatic rings. The van der Waals surface area contributed by atoms with Gasteiger partial charge in [-0.15, -0.1) is 11.3 Å². The molecule has 7 nitrogen and oxygen atoms in total. The number of carbonyl (C=O) groups excluding carboxylic acids is 1. The predicted molar refractivity (Wildman–Crippen MR) is 121 cm³/mol. The third kappa shape index (κ3) is 3.64. The maximum absolute atomic E-state index is 12.6. The Bertz CT molecular complexity index is 1390. The van der Waals surface area contributed by atoms with Gasteiger partial charge in [-0.3, -0.25) is 13.9 Å². The summed E-state index contributed by atoms with van der Waals surface area (Å²) in [6.07, 6.45) is 0. The van der Waals surface area contributed by atoms with E-state index < -0.39 is 10.0 Å². The van der Waals surface area contributed by atoms with Gasteiger partial charge in [0.1, 0.15) is 4.21 Å². The highest BCUT2D eigenvalue weighted by atomic mass is 32.2. The molecule has 2 aromatic carbocycles. The average Bonchev–Trinajstić information content (AvgIpc) is 3.37. The zero-order valence-electron chi connectivity index (χ0n) is 16.0. The number of rotatable bonds is 5. The number of hydrogen-bond donors (Lipinski definition) is 1. The van der Waals surface area contributed by atoms with Crippen molar-refractivity contribution in [3.05, 3.63) is 75.2 Å². The summed E-state index contributed by atoms with van der Waals surface area (Å²) in [6, 6.07) is 14.9. The lowest BCUT2D eigenvalue weighted by molar-refractivity contribution is 0.102. The molecule has 0 aliphatic heterocycles. The number of nitrogens with zero attached hydrogens (tertiary/aromatic N) is 2. The summed E-state index contributed by atoms with van der Waals surface area (Å²) in [5.41, 5.74) is 2.23. The summed E-state index contributed by atoms with van der Waals surface area (Å²) in [4.78, 5) is 24.3. The van der Waals surface area contributed by atoms with E-state index in [1.165, 1.54) is 11.4 Å². The number of fused-ring (bicyclic) bond motifs is 1. The van der Waals surface area contributed by atoms with Crippen molar-refractivity contribution in [2.75, 3.05) is 16.7 Å². The highest BCUT2D eigenvalue weighted by Gasteiger charge is 2.22. The number of sulfonamides is 1. The van der Waals surface area contributed by atoms with Crippen LogP contribution < -0.4 is 14.5 Å². The van der Waals surface area contributed by atoms with Crippen LogP contribution in [0.1, 0.15) is 10.4 Å². The molecule has 0 bridgehead atoms. The van der Waals surface area contributed by atoms with Crippen LogP contribution in [-0.4, -0.2) is 25.9 Å². The van der Waals surface area contributed by atoms with E-state index in [0.29, 0.717) is 16.9 Å². The van der Waals surface area contributed by atoms with Crippen molar-refractivity contribution in [1.29, 1.82) is 0 Å². The molecule has 0 saturated heterocycles. The molecule has 0 spiro atoms. The number of thiazole rings is 1. The van der Waals surface area contributed by atoms with Gasteiger partial charge in [-0.25, -0.2) is 8.42 Å². The second-order valence-corrected chi connectivity index (χ2v) is 10.7. The predicted octanol–water partition coefficient (Wildman–Crippen LogP) is 3.74. The van der Waals surface area contributed by atoms with Gasteiger partial charge in [-0.2, -0.15) is 0 Å². The number of hydrogen-bond acceptors (Lipinski definition) is 6. The molecule has 1 amide bonds. The minimum atomic E-state index is -3.63. The van der Waals surface area contributed by atoms with Crippen molar-refractivity contribution in [3.63, 3.8) is 0 Å². The second-order valence-electron chi connectivity index (χ2n) is 6.52. The molecular formula is C20H17N3O4S3. The Morgan fingerprint density at radius 2 is 1.83 bits per heavy atom. The first-order valence-electron chi connectivity index (χ1n) is 8.81. The van der Waals surface area contributed by atoms with Crippen molar-refractivity contribution in [2.24, 2.45) is 7.05 Å². The normalized spacial score (nSPS) is 11.5. The van der Waals surface area contributed by atoms with Crippen molar-refractivity contribution < 1.29 is 13.2 Å². The van der Waals surface area contributed by atoms with Crippen LogP contribution in [0.25, 0.3) is 10.2 Å². The smallest absolute Gasteiger partial charge is 0.307 e. The maximum Gasteiger partial charge on any atom is 0.307 e. The first-order chi connectivity index (χ1) is 14.3. The fraction of sp³-hybridized carbons (Fsp3) is 0.100. The number of anilines is 2. The molecule has 0 saturated carbocycles. The van der Waals surface area contributed by atoms with E-state index in [0.717, 1.165) is 32.9 Å². The molecule has 30 heavy (non-hydrogen) atoms. The summed E-state index contributed by atoms with van der Waals surface area (Å²) >= 11 is 2.27. The van der Waals surface area contributed by atoms with E-state index in [2.05, 4.69) is 5.32 Å². The zero-order valence-corrected chi connectivity index (χ0v) is 18.5. The number of amides is 1. The minimum Gasteiger partial charge on any atom is -0.322 e. The molecule has 0 aliphatic carbocycles. The third-order valence-electron chi connectivity index (χ3n) is 4.65. The lowest BCUT2D eigenvalue weighted by Gasteiger charge is -2.18. The lowest BCUT2D eigenvalue weighted by Crippen LogP contribution is -2.25. The second kappa shape index (κ2) is 7.71. The van der Waals surface area contributed by atoms with Gasteiger partial charge in [-0.05, 0) is 53.9 Å². The number of carbonyl (C=O) groups is 1. The average molecular weight is 460 g/mol. The summed E-state index contributed by atoms with van der Waals surface area (Å²) in [5, 5.41) is 4.51. The summed E-state index contributed by atoms with van der Waals surface area (Å²) in [7, 11) is -0.446. The minimum absolute atomic E-state index is 0.0642. The number of aromatic nitrogens is 1. The van der Waals surface area contributed by atoms with Crippen LogP contribution in [-0.2, 0) is 17.1 Å². The first-order valence-corrected chi connectivity index (χ1v) is 11.9. The van der Waals surface area contributed by atoms with Crippen LogP contribution in [0, 0.1) is 0 Å². The van der Waals surface area contributed by atoms with E-state index >= 15 is 0 Å². The van der Waals surface area contributed by atoms with Gasteiger partial charge in [0.05, 0.1) is 15.9 Å². The van der Waals surface area contributed by atoms with Crippen molar-refractivity contribution in [2.45, 2.75) is 4.21 Å². The molecule has 1 N–H and O–H groups in total. The number of aryl methyl sites for hydroxylation is 1. The summed E-state index contributed by atoms with van der Waals surface area (Å²) in [5.74, 6) is -0.326. The van der Waals surface area contributed by atoms with Gasteiger partial charge < -0.3 is 9.88 Å².